The van der Waals surface area contributed by atoms with Gasteiger partial charge in [0, 0.05) is 13.5 Å². The van der Waals surface area contributed by atoms with Gasteiger partial charge in [-0.1, -0.05) is 0 Å². The number of aliphatic hydroxyl groups is 1. The fraction of sp³-hybridized carbons (Fsp3) is 0.818. The molecule has 1 amide bonds. The smallest absolute Gasteiger partial charge is 0.309 e. The predicted molar refractivity (Wildman–Crippen MR) is 60.0 cm³/mol. The summed E-state index contributed by atoms with van der Waals surface area (Å²) in [5.74, 6) is -1.29. The highest BCUT2D eigenvalue weighted by atomic mass is 16.4. The van der Waals surface area contributed by atoms with Crippen molar-refractivity contribution in [1.82, 2.24) is 4.90 Å². The van der Waals surface area contributed by atoms with E-state index in [1.165, 1.54) is 18.7 Å². The van der Waals surface area contributed by atoms with Gasteiger partial charge in [0.05, 0.1) is 17.6 Å². The van der Waals surface area contributed by atoms with Crippen molar-refractivity contribution in [3.05, 3.63) is 0 Å². The molecular weight excluding hydrogens is 210 g/mol. The molecule has 0 aromatic carbocycles. The summed E-state index contributed by atoms with van der Waals surface area (Å²) in [5, 5.41) is 18.0. The van der Waals surface area contributed by atoms with Crippen LogP contribution in [0.2, 0.25) is 0 Å². The predicted octanol–water partition coefficient (Wildman–Crippen LogP) is 0.717. The minimum atomic E-state index is -1.09. The number of nitrogens with zero attached hydrogens (tertiary/aromatic N) is 1. The van der Waals surface area contributed by atoms with Gasteiger partial charge in [-0.15, -0.1) is 0 Å². The van der Waals surface area contributed by atoms with Gasteiger partial charge in [0.15, 0.2) is 0 Å². The molecule has 0 aliphatic carbocycles. The summed E-state index contributed by atoms with van der Waals surface area (Å²) in [6.45, 7) is 6.29. The minimum absolute atomic E-state index is 0.0811. The number of aliphatic hydroxyl groups excluding tert-OH is 1. The Hall–Kier alpha value is -1.10. The Balaban J connectivity index is 4.67. The van der Waals surface area contributed by atoms with Gasteiger partial charge in [0.1, 0.15) is 0 Å². The lowest BCUT2D eigenvalue weighted by atomic mass is 9.88. The van der Waals surface area contributed by atoms with E-state index in [1.807, 2.05) is 0 Å². The summed E-state index contributed by atoms with van der Waals surface area (Å²) in [4.78, 5) is 24.1. The van der Waals surface area contributed by atoms with Gasteiger partial charge >= 0.3 is 5.97 Å². The molecule has 0 unspecified atom stereocenters. The van der Waals surface area contributed by atoms with Crippen LogP contribution in [0.15, 0.2) is 0 Å². The highest BCUT2D eigenvalue weighted by Gasteiger charge is 2.34. The first kappa shape index (κ1) is 14.9. The molecule has 0 atom stereocenters. The van der Waals surface area contributed by atoms with Crippen LogP contribution in [0.3, 0.4) is 0 Å². The van der Waals surface area contributed by atoms with Crippen molar-refractivity contribution < 1.29 is 19.8 Å². The molecule has 5 heteroatoms. The Kier molecular flexibility index (Phi) is 4.49. The van der Waals surface area contributed by atoms with Crippen molar-refractivity contribution in [3.8, 4) is 0 Å². The normalized spacial score (nSPS) is 12.4. The summed E-state index contributed by atoms with van der Waals surface area (Å²) in [6.07, 6.45) is -0.0811. The molecule has 0 rings (SSSR count). The molecule has 0 radical (unpaired) electrons. The van der Waals surface area contributed by atoms with Gasteiger partial charge in [-0.25, -0.2) is 0 Å². The second-order valence-electron chi connectivity index (χ2n) is 5.29. The fourth-order valence-corrected chi connectivity index (χ4v) is 1.02. The molecule has 0 saturated heterocycles. The molecule has 16 heavy (non-hydrogen) atoms. The molecule has 5 nitrogen and oxygen atoms in total. The van der Waals surface area contributed by atoms with Crippen molar-refractivity contribution in [2.24, 2.45) is 5.41 Å². The third-order valence-corrected chi connectivity index (χ3v) is 2.84. The summed E-state index contributed by atoms with van der Waals surface area (Å²) in [6, 6.07) is 0. The Morgan fingerprint density at radius 3 is 1.94 bits per heavy atom. The maximum absolute atomic E-state index is 11.8. The third-order valence-electron chi connectivity index (χ3n) is 2.84. The monoisotopic (exact) mass is 231 g/mol. The van der Waals surface area contributed by atoms with E-state index < -0.39 is 16.9 Å². The molecular formula is C11H21NO4. The van der Waals surface area contributed by atoms with Crippen LogP contribution >= 0.6 is 0 Å². The van der Waals surface area contributed by atoms with Gasteiger partial charge in [0.25, 0.3) is 0 Å². The van der Waals surface area contributed by atoms with E-state index in [9.17, 15) is 9.59 Å². The first-order valence-electron chi connectivity index (χ1n) is 5.15. The Bertz CT molecular complexity index is 284. The highest BCUT2D eigenvalue weighted by Crippen LogP contribution is 2.23. The maximum atomic E-state index is 11.8. The zero-order chi connectivity index (χ0) is 13.1. The van der Waals surface area contributed by atoms with E-state index >= 15 is 0 Å². The first-order chi connectivity index (χ1) is 7.04. The number of amides is 1. The highest BCUT2D eigenvalue weighted by molar-refractivity contribution is 5.84. The molecule has 0 aromatic heterocycles. The van der Waals surface area contributed by atoms with Crippen LogP contribution in [0.4, 0.5) is 0 Å². The SMILES string of the molecule is CN(C(=O)CC(C)(C)C(=O)O)C(C)(C)CO. The number of likely N-dealkylation sites (N-methyl/N-ethyl adjacent to an activating group) is 1. The van der Waals surface area contributed by atoms with Crippen molar-refractivity contribution in [2.75, 3.05) is 13.7 Å². The fourth-order valence-electron chi connectivity index (χ4n) is 1.02. The quantitative estimate of drug-likeness (QED) is 0.730. The summed E-state index contributed by atoms with van der Waals surface area (Å²) in [5.41, 5.74) is -1.76. The van der Waals surface area contributed by atoms with E-state index in [0.717, 1.165) is 0 Å². The van der Waals surface area contributed by atoms with Crippen LogP contribution in [0.5, 0.6) is 0 Å². The zero-order valence-electron chi connectivity index (χ0n) is 10.6. The van der Waals surface area contributed by atoms with E-state index in [0.29, 0.717) is 0 Å². The number of aliphatic carboxylic acids is 1. The Morgan fingerprint density at radius 1 is 1.19 bits per heavy atom. The molecule has 0 aliphatic heterocycles. The van der Waals surface area contributed by atoms with Gasteiger partial charge < -0.3 is 15.1 Å². The molecule has 94 valence electrons. The molecule has 0 spiro atoms. The van der Waals surface area contributed by atoms with E-state index in [4.69, 9.17) is 10.2 Å². The van der Waals surface area contributed by atoms with E-state index in [-0.39, 0.29) is 18.9 Å². The van der Waals surface area contributed by atoms with E-state index in [2.05, 4.69) is 0 Å². The van der Waals surface area contributed by atoms with Crippen LogP contribution in [0, 0.1) is 5.41 Å². The number of carbonyl (C=O) groups is 2. The van der Waals surface area contributed by atoms with Crippen molar-refractivity contribution in [3.63, 3.8) is 0 Å². The lowest BCUT2D eigenvalue weighted by Crippen LogP contribution is -2.49. The number of carboxylic acids is 1. The number of hydrogen-bond acceptors (Lipinski definition) is 3. The standard InChI is InChI=1S/C11H21NO4/c1-10(2,9(15)16)6-8(14)12(5)11(3,4)7-13/h13H,6-7H2,1-5H3,(H,15,16). The number of rotatable bonds is 5. The summed E-state index contributed by atoms with van der Waals surface area (Å²) >= 11 is 0. The molecule has 0 saturated carbocycles. The molecule has 0 aromatic rings. The van der Waals surface area contributed by atoms with Crippen LogP contribution < -0.4 is 0 Å². The lowest BCUT2D eigenvalue weighted by Gasteiger charge is -2.35. The van der Waals surface area contributed by atoms with Crippen molar-refractivity contribution >= 4 is 11.9 Å². The van der Waals surface area contributed by atoms with Crippen molar-refractivity contribution in [1.29, 1.82) is 0 Å². The van der Waals surface area contributed by atoms with Crippen molar-refractivity contribution in [2.45, 2.75) is 39.7 Å². The Labute approximate surface area is 96.1 Å². The maximum Gasteiger partial charge on any atom is 0.309 e. The second-order valence-corrected chi connectivity index (χ2v) is 5.29. The van der Waals surface area contributed by atoms with Gasteiger partial charge in [-0.3, -0.25) is 9.59 Å². The number of carboxylic acid groups (broad SMARTS) is 1. The van der Waals surface area contributed by atoms with E-state index in [1.54, 1.807) is 20.9 Å². The second kappa shape index (κ2) is 4.82. The molecule has 0 bridgehead atoms. The van der Waals surface area contributed by atoms with Crippen LogP contribution in [0.25, 0.3) is 0 Å². The van der Waals surface area contributed by atoms with Crippen LogP contribution in [0.1, 0.15) is 34.1 Å². The molecule has 2 N–H and O–H groups in total. The number of carbonyl (C=O) groups excluding carboxylic acids is 1. The third kappa shape index (κ3) is 3.48. The largest absolute Gasteiger partial charge is 0.481 e. The average Bonchev–Trinajstić information content (AvgIpc) is 2.15. The van der Waals surface area contributed by atoms with Gasteiger partial charge in [-0.05, 0) is 27.7 Å². The minimum Gasteiger partial charge on any atom is -0.481 e. The Morgan fingerprint density at radius 2 is 1.62 bits per heavy atom. The molecule has 0 fully saturated rings. The zero-order valence-corrected chi connectivity index (χ0v) is 10.6. The lowest BCUT2D eigenvalue weighted by molar-refractivity contribution is -0.152. The van der Waals surface area contributed by atoms with Gasteiger partial charge in [0.2, 0.25) is 5.91 Å². The first-order valence-corrected chi connectivity index (χ1v) is 5.15. The van der Waals surface area contributed by atoms with Crippen LogP contribution in [-0.4, -0.2) is 46.2 Å². The summed E-state index contributed by atoms with van der Waals surface area (Å²) in [7, 11) is 1.57. The molecule has 0 heterocycles. The number of hydrogen-bond donors (Lipinski definition) is 2. The summed E-state index contributed by atoms with van der Waals surface area (Å²) < 4.78 is 0. The van der Waals surface area contributed by atoms with Gasteiger partial charge in [-0.2, -0.15) is 0 Å². The molecule has 0 aliphatic rings. The topological polar surface area (TPSA) is 77.8 Å². The van der Waals surface area contributed by atoms with Crippen LogP contribution in [-0.2, 0) is 9.59 Å². The average molecular weight is 231 g/mol.